The van der Waals surface area contributed by atoms with Crippen LogP contribution in [0, 0.1) is 0 Å². The number of nitrogens with two attached hydrogens (primary N) is 1. The van der Waals surface area contributed by atoms with Gasteiger partial charge in [-0.3, -0.25) is 13.5 Å². The summed E-state index contributed by atoms with van der Waals surface area (Å²) in [5.41, 5.74) is 5.52. The van der Waals surface area contributed by atoms with Gasteiger partial charge in [0, 0.05) is 11.3 Å². The Hall–Kier alpha value is -4.03. The third-order valence-electron chi connectivity index (χ3n) is 6.03. The summed E-state index contributed by atoms with van der Waals surface area (Å²) >= 11 is -2.30. The van der Waals surface area contributed by atoms with Crippen LogP contribution in [0.5, 0.6) is 5.75 Å². The maximum Gasteiger partial charge on any atom is 0.296 e. The van der Waals surface area contributed by atoms with Gasteiger partial charge in [0.25, 0.3) is 16.0 Å². The van der Waals surface area contributed by atoms with Crippen molar-refractivity contribution in [3.05, 3.63) is 72.3 Å². The molecule has 0 aliphatic rings. The number of sulfone groups is 1. The lowest BCUT2D eigenvalue weighted by Crippen LogP contribution is -2.14. The topological polar surface area (TPSA) is 274 Å². The van der Waals surface area contributed by atoms with E-state index in [1.54, 1.807) is 0 Å². The highest BCUT2D eigenvalue weighted by Gasteiger charge is 2.23. The van der Waals surface area contributed by atoms with Gasteiger partial charge in [0.1, 0.15) is 16.3 Å². The SMILES string of the molecule is Nc1c(S(=O)(=O)O)cc2cc(S(=O)O)cc(O)c2c1N=Nc1ccc(C(=O)Nc2cccc(S(=O)(=O)CCOSOOO)c2)cc1. The van der Waals surface area contributed by atoms with Gasteiger partial charge >= 0.3 is 0 Å². The third kappa shape index (κ3) is 8.41. The van der Waals surface area contributed by atoms with Crippen molar-refractivity contribution in [2.75, 3.05) is 23.4 Å². The Morgan fingerprint density at radius 1 is 1.02 bits per heavy atom. The van der Waals surface area contributed by atoms with Gasteiger partial charge in [0.05, 0.1) is 38.9 Å². The molecule has 1 amide bonds. The number of carbonyl (C=O) groups excluding carboxylic acids is 1. The first-order chi connectivity index (χ1) is 21.7. The molecule has 0 bridgehead atoms. The standard InChI is InChI=1S/C25H22N4O13S4/c26-23-21(46(37,38)39)11-15-10-18(44(33)34)13-20(30)22(15)24(23)29-28-16-6-4-14(5-7-16)25(31)27-17-2-1-3-19(12-17)45(35,36)9-8-40-43-42-41-32/h1-7,10-13,30,32H,8-9,26H2,(H,27,31)(H,33,34)(H,37,38,39). The molecule has 0 aliphatic heterocycles. The van der Waals surface area contributed by atoms with E-state index in [0.29, 0.717) is 0 Å². The molecule has 0 aromatic heterocycles. The number of phenols is 1. The normalized spacial score (nSPS) is 12.8. The second-order valence-corrected chi connectivity index (χ2v) is 14.0. The predicted molar refractivity (Wildman–Crippen MR) is 164 cm³/mol. The average Bonchev–Trinajstić information content (AvgIpc) is 3.00. The zero-order valence-electron chi connectivity index (χ0n) is 22.8. The Bertz CT molecular complexity index is 2060. The third-order valence-corrected chi connectivity index (χ3v) is 9.62. The van der Waals surface area contributed by atoms with Crippen LogP contribution in [0.25, 0.3) is 10.8 Å². The number of anilines is 2. The number of fused-ring (bicyclic) bond motifs is 1. The van der Waals surface area contributed by atoms with Crippen LogP contribution in [-0.4, -0.2) is 58.8 Å². The molecule has 46 heavy (non-hydrogen) atoms. The van der Waals surface area contributed by atoms with Gasteiger partial charge in [0.2, 0.25) is 0 Å². The van der Waals surface area contributed by atoms with E-state index in [2.05, 4.69) is 24.9 Å². The Balaban J connectivity index is 1.55. The summed E-state index contributed by atoms with van der Waals surface area (Å²) < 4.78 is 88.4. The summed E-state index contributed by atoms with van der Waals surface area (Å²) in [5, 5.41) is 32.2. The Kier molecular flexibility index (Phi) is 11.1. The Morgan fingerprint density at radius 2 is 1.74 bits per heavy atom. The van der Waals surface area contributed by atoms with Gasteiger partial charge in [-0.25, -0.2) is 17.9 Å². The van der Waals surface area contributed by atoms with Crippen LogP contribution < -0.4 is 11.1 Å². The number of nitrogens with one attached hydrogen (secondary N) is 1. The maximum absolute atomic E-state index is 12.8. The summed E-state index contributed by atoms with van der Waals surface area (Å²) in [7, 11) is -8.69. The summed E-state index contributed by atoms with van der Waals surface area (Å²) in [6.45, 7) is -0.292. The number of benzene rings is 4. The highest BCUT2D eigenvalue weighted by Crippen LogP contribution is 2.43. The molecule has 17 nitrogen and oxygen atoms in total. The minimum Gasteiger partial charge on any atom is -0.507 e. The fourth-order valence-electron chi connectivity index (χ4n) is 3.97. The molecule has 0 radical (unpaired) electrons. The lowest BCUT2D eigenvalue weighted by atomic mass is 10.1. The van der Waals surface area contributed by atoms with Crippen LogP contribution in [0.4, 0.5) is 22.7 Å². The lowest BCUT2D eigenvalue weighted by Gasteiger charge is -2.12. The van der Waals surface area contributed by atoms with Crippen molar-refractivity contribution < 1.29 is 58.9 Å². The van der Waals surface area contributed by atoms with E-state index in [1.165, 1.54) is 48.5 Å². The molecule has 244 valence electrons. The number of amides is 1. The highest BCUT2D eigenvalue weighted by atomic mass is 32.2. The Labute approximate surface area is 267 Å². The molecule has 1 atom stereocenters. The van der Waals surface area contributed by atoms with Crippen molar-refractivity contribution in [3.8, 4) is 5.75 Å². The molecule has 4 aromatic carbocycles. The number of aromatic hydroxyl groups is 1. The van der Waals surface area contributed by atoms with E-state index in [0.717, 1.165) is 18.2 Å². The summed E-state index contributed by atoms with van der Waals surface area (Å²) in [6.07, 6.45) is 0. The first-order valence-electron chi connectivity index (χ1n) is 12.3. The fourth-order valence-corrected chi connectivity index (χ4v) is 6.51. The first-order valence-corrected chi connectivity index (χ1v) is 17.2. The van der Waals surface area contributed by atoms with E-state index >= 15 is 0 Å². The molecule has 4 rings (SSSR count). The number of carbonyl (C=O) groups is 1. The molecule has 1 unspecified atom stereocenters. The van der Waals surface area contributed by atoms with E-state index in [4.69, 9.17) is 15.2 Å². The number of azo groups is 1. The van der Waals surface area contributed by atoms with E-state index in [9.17, 15) is 40.1 Å². The molecule has 0 saturated heterocycles. The zero-order valence-corrected chi connectivity index (χ0v) is 26.1. The van der Waals surface area contributed by atoms with Crippen molar-refractivity contribution >= 4 is 82.8 Å². The summed E-state index contributed by atoms with van der Waals surface area (Å²) in [5.74, 6) is -1.60. The minimum absolute atomic E-state index is 0.0767. The van der Waals surface area contributed by atoms with Crippen molar-refractivity contribution in [2.45, 2.75) is 14.7 Å². The molecule has 4 aromatic rings. The zero-order chi connectivity index (χ0) is 33.6. The minimum atomic E-state index is -4.88. The van der Waals surface area contributed by atoms with Gasteiger partial charge < -0.3 is 20.7 Å². The van der Waals surface area contributed by atoms with Gasteiger partial charge in [-0.2, -0.15) is 13.5 Å². The van der Waals surface area contributed by atoms with Crippen LogP contribution in [0.2, 0.25) is 0 Å². The quantitative estimate of drug-likeness (QED) is 0.0164. The van der Waals surface area contributed by atoms with E-state index in [-0.39, 0.29) is 62.1 Å². The molecular weight excluding hydrogens is 693 g/mol. The second-order valence-electron chi connectivity index (χ2n) is 8.98. The summed E-state index contributed by atoms with van der Waals surface area (Å²) in [6, 6.07) is 14.0. The average molecular weight is 715 g/mol. The molecule has 21 heteroatoms. The molecule has 0 saturated carbocycles. The number of hydrogen-bond donors (Lipinski definition) is 6. The maximum atomic E-state index is 12.8. The number of hydrogen-bond acceptors (Lipinski definition) is 15. The first kappa shape index (κ1) is 34.8. The van der Waals surface area contributed by atoms with Crippen molar-refractivity contribution in [1.82, 2.24) is 0 Å². The van der Waals surface area contributed by atoms with Crippen molar-refractivity contribution in [2.24, 2.45) is 10.2 Å². The Morgan fingerprint density at radius 3 is 2.39 bits per heavy atom. The predicted octanol–water partition coefficient (Wildman–Crippen LogP) is 4.40. The van der Waals surface area contributed by atoms with Gasteiger partial charge in [-0.1, -0.05) is 11.1 Å². The number of phenolic OH excluding ortho intramolecular Hbond substituents is 1. The number of nitrogens with zero attached hydrogens (tertiary/aromatic N) is 2. The van der Waals surface area contributed by atoms with Gasteiger partial charge in [-0.15, -0.1) is 9.45 Å². The van der Waals surface area contributed by atoms with Crippen LogP contribution in [0.3, 0.4) is 0 Å². The van der Waals surface area contributed by atoms with Gasteiger partial charge in [-0.05, 0) is 66.0 Å². The van der Waals surface area contributed by atoms with Crippen LogP contribution in [0.15, 0.2) is 91.6 Å². The van der Waals surface area contributed by atoms with Crippen LogP contribution in [0.1, 0.15) is 10.4 Å². The molecule has 7 N–H and O–H groups in total. The number of nitrogen functional groups attached to an aromatic ring is 1. The van der Waals surface area contributed by atoms with Crippen molar-refractivity contribution in [3.63, 3.8) is 0 Å². The highest BCUT2D eigenvalue weighted by molar-refractivity contribution is 7.91. The molecule has 0 heterocycles. The monoisotopic (exact) mass is 714 g/mol. The van der Waals surface area contributed by atoms with Gasteiger partial charge in [0.15, 0.2) is 33.2 Å². The lowest BCUT2D eigenvalue weighted by molar-refractivity contribution is -0.434. The smallest absolute Gasteiger partial charge is 0.296 e. The molecule has 0 aliphatic carbocycles. The fraction of sp³-hybridized carbons (Fsp3) is 0.0800. The van der Waals surface area contributed by atoms with Crippen LogP contribution in [-0.2, 0) is 44.6 Å². The van der Waals surface area contributed by atoms with Crippen molar-refractivity contribution in [1.29, 1.82) is 0 Å². The second kappa shape index (κ2) is 14.6. The van der Waals surface area contributed by atoms with E-state index < -0.39 is 59.0 Å². The molecule has 0 fully saturated rings. The van der Waals surface area contributed by atoms with E-state index in [1.807, 2.05) is 0 Å². The number of rotatable bonds is 13. The van der Waals surface area contributed by atoms with Crippen LogP contribution >= 0.6 is 12.3 Å². The molecule has 0 spiro atoms. The largest absolute Gasteiger partial charge is 0.507 e. The summed E-state index contributed by atoms with van der Waals surface area (Å²) in [4.78, 5) is 11.7. The molecular formula is C25H22N4O13S4.